The maximum Gasteiger partial charge on any atom is 0.434 e. The molecule has 0 saturated heterocycles. The number of hydroxylamine groups is 2. The van der Waals surface area contributed by atoms with E-state index in [1.54, 1.807) is 20.8 Å². The molecule has 1 aromatic rings. The molecule has 1 unspecified atom stereocenters. The molecule has 0 spiro atoms. The molecular formula is C13H19FN2O4. The van der Waals surface area contributed by atoms with Gasteiger partial charge in [0.1, 0.15) is 11.4 Å². The fourth-order valence-corrected chi connectivity index (χ4v) is 1.43. The second kappa shape index (κ2) is 6.62. The third kappa shape index (κ3) is 5.50. The van der Waals surface area contributed by atoms with Gasteiger partial charge in [-0.05, 0) is 33.3 Å². The summed E-state index contributed by atoms with van der Waals surface area (Å²) < 4.78 is 17.9. The molecule has 1 heterocycles. The van der Waals surface area contributed by atoms with Crippen LogP contribution in [0.5, 0.6) is 0 Å². The quantitative estimate of drug-likeness (QED) is 0.655. The Labute approximate surface area is 116 Å². The van der Waals surface area contributed by atoms with Gasteiger partial charge in [0.15, 0.2) is 0 Å². The number of aliphatic hydroxyl groups excluding tert-OH is 1. The summed E-state index contributed by atoms with van der Waals surface area (Å²) in [6.07, 6.45) is 0.441. The summed E-state index contributed by atoms with van der Waals surface area (Å²) in [4.78, 5) is 15.1. The van der Waals surface area contributed by atoms with Crippen molar-refractivity contribution in [1.29, 1.82) is 0 Å². The molecule has 2 N–H and O–H groups in total. The van der Waals surface area contributed by atoms with Crippen LogP contribution >= 0.6 is 0 Å². The number of nitrogens with zero attached hydrogens (tertiary/aromatic N) is 2. The molecular weight excluding hydrogens is 267 g/mol. The lowest BCUT2D eigenvalue weighted by molar-refractivity contribution is -0.0982. The van der Waals surface area contributed by atoms with Gasteiger partial charge < -0.3 is 9.84 Å². The number of aromatic nitrogens is 1. The Morgan fingerprint density at radius 3 is 2.70 bits per heavy atom. The van der Waals surface area contributed by atoms with E-state index in [1.165, 1.54) is 6.20 Å². The first-order chi connectivity index (χ1) is 9.19. The van der Waals surface area contributed by atoms with E-state index in [1.807, 2.05) is 0 Å². The molecule has 0 aliphatic rings. The van der Waals surface area contributed by atoms with E-state index in [0.717, 1.165) is 12.3 Å². The average molecular weight is 286 g/mol. The van der Waals surface area contributed by atoms with Gasteiger partial charge in [-0.15, -0.1) is 0 Å². The zero-order chi connectivity index (χ0) is 15.3. The second-order valence-electron chi connectivity index (χ2n) is 5.34. The number of hydrogen-bond acceptors (Lipinski definition) is 5. The van der Waals surface area contributed by atoms with Gasteiger partial charge in [0, 0.05) is 11.8 Å². The Balaban J connectivity index is 2.48. The molecule has 0 aromatic carbocycles. The van der Waals surface area contributed by atoms with Crippen molar-refractivity contribution in [2.24, 2.45) is 0 Å². The third-order valence-corrected chi connectivity index (χ3v) is 2.33. The van der Waals surface area contributed by atoms with Gasteiger partial charge in [-0.2, -0.15) is 5.06 Å². The topological polar surface area (TPSA) is 82.9 Å². The standard InChI is InChI=1S/C13H19FN2O4/c1-13(2,3)20-12(18)16(19)5-4-11(17)9-6-10(14)8-15-7-9/h6-8,11,17,19H,4-5H2,1-3H3. The molecule has 1 amide bonds. The number of carbonyl (C=O) groups excluding carboxylic acids is 1. The summed E-state index contributed by atoms with van der Waals surface area (Å²) in [5, 5.41) is 19.7. The summed E-state index contributed by atoms with van der Waals surface area (Å²) >= 11 is 0. The van der Waals surface area contributed by atoms with Gasteiger partial charge in [0.25, 0.3) is 0 Å². The van der Waals surface area contributed by atoms with Crippen LogP contribution in [-0.2, 0) is 4.74 Å². The Morgan fingerprint density at radius 2 is 2.15 bits per heavy atom. The highest BCUT2D eigenvalue weighted by atomic mass is 19.1. The van der Waals surface area contributed by atoms with Crippen molar-refractivity contribution in [2.75, 3.05) is 6.54 Å². The van der Waals surface area contributed by atoms with Crippen LogP contribution in [0.15, 0.2) is 18.5 Å². The van der Waals surface area contributed by atoms with Crippen LogP contribution in [0.4, 0.5) is 9.18 Å². The van der Waals surface area contributed by atoms with E-state index in [0.29, 0.717) is 5.06 Å². The number of ether oxygens (including phenoxy) is 1. The van der Waals surface area contributed by atoms with Gasteiger partial charge >= 0.3 is 6.09 Å². The van der Waals surface area contributed by atoms with Crippen LogP contribution in [0.3, 0.4) is 0 Å². The minimum absolute atomic E-state index is 0.0286. The summed E-state index contributed by atoms with van der Waals surface area (Å²) in [6, 6.07) is 1.15. The van der Waals surface area contributed by atoms with Crippen molar-refractivity contribution in [3.8, 4) is 0 Å². The van der Waals surface area contributed by atoms with Crippen LogP contribution in [0, 0.1) is 5.82 Å². The van der Waals surface area contributed by atoms with E-state index >= 15 is 0 Å². The molecule has 1 aromatic heterocycles. The summed E-state index contributed by atoms with van der Waals surface area (Å²) in [5.41, 5.74) is -0.439. The number of rotatable bonds is 4. The third-order valence-electron chi connectivity index (χ3n) is 2.33. The zero-order valence-electron chi connectivity index (χ0n) is 11.7. The maximum absolute atomic E-state index is 12.9. The molecule has 20 heavy (non-hydrogen) atoms. The van der Waals surface area contributed by atoms with E-state index < -0.39 is 23.6 Å². The smallest absolute Gasteiger partial charge is 0.434 e. The molecule has 112 valence electrons. The normalized spacial score (nSPS) is 12.9. The molecule has 6 nitrogen and oxygen atoms in total. The fraction of sp³-hybridized carbons (Fsp3) is 0.538. The van der Waals surface area contributed by atoms with Gasteiger partial charge in [0.2, 0.25) is 0 Å². The predicted octanol–water partition coefficient (Wildman–Crippen LogP) is 2.27. The minimum Gasteiger partial charge on any atom is -0.442 e. The summed E-state index contributed by atoms with van der Waals surface area (Å²) in [6.45, 7) is 4.87. The SMILES string of the molecule is CC(C)(C)OC(=O)N(O)CCC(O)c1cncc(F)c1. The van der Waals surface area contributed by atoms with Crippen LogP contribution in [-0.4, -0.2) is 38.6 Å². The van der Waals surface area contributed by atoms with Gasteiger partial charge in [-0.1, -0.05) is 0 Å². The highest BCUT2D eigenvalue weighted by Gasteiger charge is 2.21. The number of hydrogen-bond donors (Lipinski definition) is 2. The van der Waals surface area contributed by atoms with Gasteiger partial charge in [-0.3, -0.25) is 10.2 Å². The lowest BCUT2D eigenvalue weighted by atomic mass is 10.1. The monoisotopic (exact) mass is 286 g/mol. The Kier molecular flexibility index (Phi) is 5.41. The molecule has 1 atom stereocenters. The maximum atomic E-state index is 12.9. The van der Waals surface area contributed by atoms with E-state index in [2.05, 4.69) is 4.98 Å². The molecule has 0 radical (unpaired) electrons. The number of halogens is 1. The van der Waals surface area contributed by atoms with Crippen molar-refractivity contribution in [1.82, 2.24) is 10.0 Å². The second-order valence-corrected chi connectivity index (χ2v) is 5.34. The van der Waals surface area contributed by atoms with Gasteiger partial charge in [0.05, 0.1) is 18.8 Å². The van der Waals surface area contributed by atoms with Crippen LogP contribution in [0.25, 0.3) is 0 Å². The van der Waals surface area contributed by atoms with Crippen molar-refractivity contribution in [3.63, 3.8) is 0 Å². The number of carbonyl (C=O) groups is 1. The molecule has 0 fully saturated rings. The lowest BCUT2D eigenvalue weighted by Gasteiger charge is -2.23. The highest BCUT2D eigenvalue weighted by molar-refractivity contribution is 5.66. The first-order valence-electron chi connectivity index (χ1n) is 6.17. The van der Waals surface area contributed by atoms with E-state index in [9.17, 15) is 19.5 Å². The lowest BCUT2D eigenvalue weighted by Crippen LogP contribution is -2.35. The Hall–Kier alpha value is -1.73. The molecule has 1 rings (SSSR count). The Bertz CT molecular complexity index is 462. The minimum atomic E-state index is -1.03. The van der Waals surface area contributed by atoms with Crippen molar-refractivity contribution >= 4 is 6.09 Å². The predicted molar refractivity (Wildman–Crippen MR) is 68.5 cm³/mol. The molecule has 0 saturated carbocycles. The van der Waals surface area contributed by atoms with Crippen molar-refractivity contribution in [3.05, 3.63) is 29.8 Å². The first kappa shape index (κ1) is 16.3. The number of amides is 1. The summed E-state index contributed by atoms with van der Waals surface area (Å²) in [5.74, 6) is -0.561. The molecule has 0 bridgehead atoms. The van der Waals surface area contributed by atoms with Gasteiger partial charge in [-0.25, -0.2) is 9.18 Å². The Morgan fingerprint density at radius 1 is 1.50 bits per heavy atom. The van der Waals surface area contributed by atoms with Crippen LogP contribution in [0.1, 0.15) is 38.9 Å². The van der Waals surface area contributed by atoms with E-state index in [-0.39, 0.29) is 18.5 Å². The molecule has 7 heteroatoms. The summed E-state index contributed by atoms with van der Waals surface area (Å²) in [7, 11) is 0. The van der Waals surface area contributed by atoms with Crippen molar-refractivity contribution < 1.29 is 24.2 Å². The van der Waals surface area contributed by atoms with E-state index in [4.69, 9.17) is 4.74 Å². The highest BCUT2D eigenvalue weighted by Crippen LogP contribution is 2.17. The molecule has 0 aliphatic heterocycles. The largest absolute Gasteiger partial charge is 0.442 e. The zero-order valence-corrected chi connectivity index (χ0v) is 11.7. The van der Waals surface area contributed by atoms with Crippen molar-refractivity contribution in [2.45, 2.75) is 38.9 Å². The van der Waals surface area contributed by atoms with Crippen LogP contribution < -0.4 is 0 Å². The van der Waals surface area contributed by atoms with Crippen LogP contribution in [0.2, 0.25) is 0 Å². The number of aliphatic hydroxyl groups is 1. The average Bonchev–Trinajstić information content (AvgIpc) is 2.33. The number of pyridine rings is 1. The fourth-order valence-electron chi connectivity index (χ4n) is 1.43. The first-order valence-corrected chi connectivity index (χ1v) is 6.17. The molecule has 0 aliphatic carbocycles.